The third-order valence-electron chi connectivity index (χ3n) is 3.19. The number of hydrogen-bond donors (Lipinski definition) is 2. The Morgan fingerprint density at radius 1 is 1.32 bits per heavy atom. The smallest absolute Gasteiger partial charge is 0.251 e. The van der Waals surface area contributed by atoms with Gasteiger partial charge in [-0.25, -0.2) is 4.98 Å². The number of imidazole rings is 1. The molecule has 1 aromatic heterocycles. The number of nitrogens with zero attached hydrogens (tertiary/aromatic N) is 1. The number of aryl methyl sites for hydroxylation is 1. The minimum absolute atomic E-state index is 0.00866. The summed E-state index contributed by atoms with van der Waals surface area (Å²) < 4.78 is 0. The van der Waals surface area contributed by atoms with Crippen molar-refractivity contribution in [2.75, 3.05) is 6.54 Å². The summed E-state index contributed by atoms with van der Waals surface area (Å²) in [6.07, 6.45) is 4.22. The first-order valence-corrected chi connectivity index (χ1v) is 7.01. The lowest BCUT2D eigenvalue weighted by Crippen LogP contribution is -2.24. The topological polar surface area (TPSA) is 57.8 Å². The minimum atomic E-state index is -0.00866. The van der Waals surface area contributed by atoms with E-state index in [1.165, 1.54) is 0 Å². The Morgan fingerprint density at radius 3 is 2.89 bits per heavy atom. The van der Waals surface area contributed by atoms with E-state index in [-0.39, 0.29) is 5.91 Å². The lowest BCUT2D eigenvalue weighted by atomic mass is 10.2. The van der Waals surface area contributed by atoms with E-state index >= 15 is 0 Å². The molecule has 102 valence electrons. The molecule has 0 saturated carbocycles. The van der Waals surface area contributed by atoms with Crippen LogP contribution in [-0.4, -0.2) is 22.4 Å². The van der Waals surface area contributed by atoms with Gasteiger partial charge in [-0.2, -0.15) is 0 Å². The molecule has 1 amide bonds. The van der Waals surface area contributed by atoms with Crippen LogP contribution in [0.5, 0.6) is 0 Å². The second-order valence-electron chi connectivity index (χ2n) is 4.73. The number of carbonyl (C=O) groups excluding carboxylic acids is 1. The van der Waals surface area contributed by atoms with Crippen molar-refractivity contribution in [2.24, 2.45) is 0 Å². The van der Waals surface area contributed by atoms with Gasteiger partial charge in [0.15, 0.2) is 0 Å². The predicted octanol–water partition coefficient (Wildman–Crippen LogP) is 3.05. The van der Waals surface area contributed by atoms with E-state index in [1.54, 1.807) is 0 Å². The van der Waals surface area contributed by atoms with Crippen LogP contribution in [-0.2, 0) is 6.42 Å². The van der Waals surface area contributed by atoms with Crippen LogP contribution in [0.2, 0.25) is 0 Å². The van der Waals surface area contributed by atoms with Gasteiger partial charge in [0, 0.05) is 18.5 Å². The normalized spacial score (nSPS) is 10.8. The van der Waals surface area contributed by atoms with Crippen LogP contribution >= 0.6 is 0 Å². The fraction of sp³-hybridized carbons (Fsp3) is 0.467. The van der Waals surface area contributed by atoms with Gasteiger partial charge < -0.3 is 10.3 Å². The highest BCUT2D eigenvalue weighted by Crippen LogP contribution is 2.14. The molecule has 1 heterocycles. The molecule has 1 aromatic carbocycles. The number of rotatable bonds is 6. The van der Waals surface area contributed by atoms with Gasteiger partial charge in [-0.3, -0.25) is 4.79 Å². The number of fused-ring (bicyclic) bond motifs is 1. The summed E-state index contributed by atoms with van der Waals surface area (Å²) in [5, 5.41) is 2.95. The lowest BCUT2D eigenvalue weighted by molar-refractivity contribution is 0.0953. The molecular formula is C15H21N3O. The molecule has 0 saturated heterocycles. The molecule has 0 aliphatic carbocycles. The second-order valence-corrected chi connectivity index (χ2v) is 4.73. The van der Waals surface area contributed by atoms with E-state index < -0.39 is 0 Å². The molecule has 0 fully saturated rings. The van der Waals surface area contributed by atoms with Crippen LogP contribution in [0.25, 0.3) is 11.0 Å². The van der Waals surface area contributed by atoms with E-state index in [2.05, 4.69) is 29.1 Å². The molecule has 0 aliphatic rings. The average molecular weight is 259 g/mol. The third-order valence-corrected chi connectivity index (χ3v) is 3.19. The molecule has 0 radical (unpaired) electrons. The monoisotopic (exact) mass is 259 g/mol. The minimum Gasteiger partial charge on any atom is -0.352 e. The van der Waals surface area contributed by atoms with Gasteiger partial charge in [-0.15, -0.1) is 0 Å². The number of unbranched alkanes of at least 4 members (excludes halogenated alkanes) is 2. The standard InChI is InChI=1S/C15H21N3O/c1-3-5-6-9-16-15(19)11-7-8-12-13(10-11)18-14(4-2)17-12/h7-8,10H,3-6,9H2,1-2H3,(H,16,19)(H,17,18). The number of carbonyl (C=O) groups is 1. The van der Waals surface area contributed by atoms with Gasteiger partial charge in [-0.05, 0) is 24.6 Å². The van der Waals surface area contributed by atoms with Crippen LogP contribution in [0, 0.1) is 0 Å². The number of nitrogens with one attached hydrogen (secondary N) is 2. The lowest BCUT2D eigenvalue weighted by Gasteiger charge is -2.04. The van der Waals surface area contributed by atoms with E-state index in [4.69, 9.17) is 0 Å². The largest absolute Gasteiger partial charge is 0.352 e. The first-order chi connectivity index (χ1) is 9.24. The highest BCUT2D eigenvalue weighted by Gasteiger charge is 2.07. The summed E-state index contributed by atoms with van der Waals surface area (Å²) in [6, 6.07) is 5.60. The van der Waals surface area contributed by atoms with Crippen LogP contribution < -0.4 is 5.32 Å². The summed E-state index contributed by atoms with van der Waals surface area (Å²) in [5.74, 6) is 0.946. The Morgan fingerprint density at radius 2 is 2.16 bits per heavy atom. The van der Waals surface area contributed by atoms with E-state index in [9.17, 15) is 4.79 Å². The number of aromatic nitrogens is 2. The number of H-pyrrole nitrogens is 1. The molecule has 19 heavy (non-hydrogen) atoms. The number of hydrogen-bond acceptors (Lipinski definition) is 2. The molecule has 0 bridgehead atoms. The van der Waals surface area contributed by atoms with Crippen molar-refractivity contribution in [3.63, 3.8) is 0 Å². The molecule has 0 spiro atoms. The predicted molar refractivity (Wildman–Crippen MR) is 77.3 cm³/mol. The van der Waals surface area contributed by atoms with Gasteiger partial charge in [0.2, 0.25) is 0 Å². The van der Waals surface area contributed by atoms with Crippen molar-refractivity contribution in [1.82, 2.24) is 15.3 Å². The quantitative estimate of drug-likeness (QED) is 0.783. The summed E-state index contributed by atoms with van der Waals surface area (Å²) >= 11 is 0. The first kappa shape index (κ1) is 13.6. The zero-order valence-electron chi connectivity index (χ0n) is 11.6. The van der Waals surface area contributed by atoms with E-state index in [1.807, 2.05) is 18.2 Å². The molecule has 2 aromatic rings. The summed E-state index contributed by atoms with van der Waals surface area (Å²) in [4.78, 5) is 19.6. The fourth-order valence-corrected chi connectivity index (χ4v) is 2.05. The Kier molecular flexibility index (Phi) is 4.55. The summed E-state index contributed by atoms with van der Waals surface area (Å²) in [7, 11) is 0. The third kappa shape index (κ3) is 3.34. The van der Waals surface area contributed by atoms with E-state index in [0.717, 1.165) is 49.1 Å². The maximum atomic E-state index is 12.0. The van der Waals surface area contributed by atoms with Crippen molar-refractivity contribution in [3.05, 3.63) is 29.6 Å². The van der Waals surface area contributed by atoms with Gasteiger partial charge in [0.05, 0.1) is 11.0 Å². The highest BCUT2D eigenvalue weighted by molar-refractivity contribution is 5.97. The van der Waals surface area contributed by atoms with Gasteiger partial charge in [0.1, 0.15) is 5.82 Å². The number of aromatic amines is 1. The molecule has 4 heteroatoms. The summed E-state index contributed by atoms with van der Waals surface area (Å²) in [6.45, 7) is 4.95. The molecule has 0 atom stereocenters. The van der Waals surface area contributed by atoms with Crippen molar-refractivity contribution in [1.29, 1.82) is 0 Å². The Bertz CT molecular complexity index is 560. The Labute approximate surface area is 113 Å². The van der Waals surface area contributed by atoms with Crippen LogP contribution in [0.3, 0.4) is 0 Å². The van der Waals surface area contributed by atoms with Crippen LogP contribution in [0.15, 0.2) is 18.2 Å². The maximum absolute atomic E-state index is 12.0. The summed E-state index contributed by atoms with van der Waals surface area (Å²) in [5.41, 5.74) is 2.53. The van der Waals surface area contributed by atoms with Gasteiger partial charge in [-0.1, -0.05) is 26.7 Å². The Balaban J connectivity index is 2.05. The number of amides is 1. The van der Waals surface area contributed by atoms with Crippen molar-refractivity contribution >= 4 is 16.9 Å². The van der Waals surface area contributed by atoms with Crippen molar-refractivity contribution in [2.45, 2.75) is 39.5 Å². The maximum Gasteiger partial charge on any atom is 0.251 e. The molecule has 2 rings (SSSR count). The van der Waals surface area contributed by atoms with Gasteiger partial charge >= 0.3 is 0 Å². The molecule has 2 N–H and O–H groups in total. The SMILES string of the molecule is CCCCCNC(=O)c1ccc2nc(CC)[nH]c2c1. The van der Waals surface area contributed by atoms with Crippen LogP contribution in [0.1, 0.15) is 49.3 Å². The second kappa shape index (κ2) is 6.36. The number of benzene rings is 1. The Hall–Kier alpha value is -1.84. The van der Waals surface area contributed by atoms with Gasteiger partial charge in [0.25, 0.3) is 5.91 Å². The van der Waals surface area contributed by atoms with Crippen molar-refractivity contribution in [3.8, 4) is 0 Å². The first-order valence-electron chi connectivity index (χ1n) is 7.01. The van der Waals surface area contributed by atoms with Crippen molar-refractivity contribution < 1.29 is 4.79 Å². The average Bonchev–Trinajstić information content (AvgIpc) is 2.85. The fourth-order valence-electron chi connectivity index (χ4n) is 2.05. The van der Waals surface area contributed by atoms with E-state index in [0.29, 0.717) is 5.56 Å². The molecule has 0 aliphatic heterocycles. The van der Waals surface area contributed by atoms with Crippen LogP contribution in [0.4, 0.5) is 0 Å². The zero-order valence-corrected chi connectivity index (χ0v) is 11.6. The molecule has 0 unspecified atom stereocenters. The zero-order chi connectivity index (χ0) is 13.7. The highest BCUT2D eigenvalue weighted by atomic mass is 16.1. The molecular weight excluding hydrogens is 238 g/mol. The molecule has 4 nitrogen and oxygen atoms in total.